The van der Waals surface area contributed by atoms with Crippen molar-refractivity contribution in [3.63, 3.8) is 0 Å². The van der Waals surface area contributed by atoms with Crippen LogP contribution in [-0.4, -0.2) is 39.0 Å². The van der Waals surface area contributed by atoms with Crippen molar-refractivity contribution >= 4 is 11.6 Å². The van der Waals surface area contributed by atoms with E-state index >= 15 is 0 Å². The van der Waals surface area contributed by atoms with Crippen LogP contribution in [0.4, 0.5) is 5.69 Å². The number of carbonyl (C=O) groups is 1. The minimum absolute atomic E-state index is 0.257. The van der Waals surface area contributed by atoms with Gasteiger partial charge in [-0.3, -0.25) is 9.78 Å². The molecule has 1 amide bonds. The van der Waals surface area contributed by atoms with Crippen molar-refractivity contribution in [3.05, 3.63) is 35.9 Å². The van der Waals surface area contributed by atoms with E-state index in [2.05, 4.69) is 25.9 Å². The zero-order chi connectivity index (χ0) is 13.2. The maximum Gasteiger partial charge on any atom is 0.277 e. The molecule has 2 aromatic heterocycles. The Labute approximate surface area is 110 Å². The van der Waals surface area contributed by atoms with Crippen molar-refractivity contribution in [3.8, 4) is 0 Å². The maximum absolute atomic E-state index is 12.0. The van der Waals surface area contributed by atoms with Crippen LogP contribution >= 0.6 is 0 Å². The Kier molecular flexibility index (Phi) is 2.96. The quantitative estimate of drug-likeness (QED) is 0.831. The summed E-state index contributed by atoms with van der Waals surface area (Å²) in [6.07, 6.45) is 5.02. The topological polar surface area (TPSA) is 84.7 Å². The Morgan fingerprint density at radius 1 is 1.53 bits per heavy atom. The highest BCUT2D eigenvalue weighted by Gasteiger charge is 2.21. The number of pyridine rings is 1. The summed E-state index contributed by atoms with van der Waals surface area (Å²) in [4.78, 5) is 16.0. The number of rotatable bonds is 3. The van der Waals surface area contributed by atoms with Crippen LogP contribution in [0.3, 0.4) is 0 Å². The number of nitrogens with zero attached hydrogens (tertiary/aromatic N) is 4. The van der Waals surface area contributed by atoms with Crippen LogP contribution in [0.1, 0.15) is 22.1 Å². The van der Waals surface area contributed by atoms with Gasteiger partial charge in [0.15, 0.2) is 5.69 Å². The molecule has 2 N–H and O–H groups in total. The minimum atomic E-state index is -0.257. The standard InChI is InChI=1S/C12H14N6O/c1-8-4-13-3-2-10(8)15-12(19)11-7-18(17-16-11)9-5-14-6-9/h2-4,7,9,14H,5-6H2,1H3,(H,13,15,19). The molecule has 0 aromatic carbocycles. The van der Waals surface area contributed by atoms with Gasteiger partial charge in [0.25, 0.3) is 5.91 Å². The van der Waals surface area contributed by atoms with Crippen LogP contribution < -0.4 is 10.6 Å². The largest absolute Gasteiger partial charge is 0.320 e. The maximum atomic E-state index is 12.0. The number of aryl methyl sites for hydroxylation is 1. The fourth-order valence-electron chi connectivity index (χ4n) is 1.82. The van der Waals surface area contributed by atoms with E-state index in [1.54, 1.807) is 29.3 Å². The van der Waals surface area contributed by atoms with Gasteiger partial charge in [-0.2, -0.15) is 0 Å². The summed E-state index contributed by atoms with van der Waals surface area (Å²) in [5, 5.41) is 13.8. The molecule has 3 rings (SSSR count). The lowest BCUT2D eigenvalue weighted by Gasteiger charge is -2.26. The molecule has 2 aromatic rings. The number of hydrogen-bond acceptors (Lipinski definition) is 5. The van der Waals surface area contributed by atoms with Gasteiger partial charge in [-0.1, -0.05) is 5.21 Å². The highest BCUT2D eigenvalue weighted by Crippen LogP contribution is 2.14. The summed E-state index contributed by atoms with van der Waals surface area (Å²) >= 11 is 0. The Bertz CT molecular complexity index is 604. The van der Waals surface area contributed by atoms with Crippen LogP contribution in [0, 0.1) is 6.92 Å². The van der Waals surface area contributed by atoms with Crippen LogP contribution in [0.5, 0.6) is 0 Å². The van der Waals surface area contributed by atoms with Crippen molar-refractivity contribution in [1.29, 1.82) is 0 Å². The van der Waals surface area contributed by atoms with E-state index in [1.807, 2.05) is 6.92 Å². The van der Waals surface area contributed by atoms with Crippen molar-refractivity contribution in [1.82, 2.24) is 25.3 Å². The lowest BCUT2D eigenvalue weighted by Crippen LogP contribution is -2.43. The molecule has 1 fully saturated rings. The van der Waals surface area contributed by atoms with E-state index in [4.69, 9.17) is 0 Å². The Balaban J connectivity index is 1.73. The fraction of sp³-hybridized carbons (Fsp3) is 0.333. The third kappa shape index (κ3) is 2.32. The molecule has 1 aliphatic rings. The molecule has 98 valence electrons. The molecule has 1 aliphatic heterocycles. The number of nitrogens with one attached hydrogen (secondary N) is 2. The third-order valence-corrected chi connectivity index (χ3v) is 3.15. The lowest BCUT2D eigenvalue weighted by atomic mass is 10.2. The second-order valence-corrected chi connectivity index (χ2v) is 4.54. The van der Waals surface area contributed by atoms with Gasteiger partial charge in [0.2, 0.25) is 0 Å². The van der Waals surface area contributed by atoms with Crippen LogP contribution in [0.2, 0.25) is 0 Å². The lowest BCUT2D eigenvalue weighted by molar-refractivity contribution is 0.102. The van der Waals surface area contributed by atoms with Gasteiger partial charge >= 0.3 is 0 Å². The van der Waals surface area contributed by atoms with Gasteiger partial charge in [0.1, 0.15) is 0 Å². The Morgan fingerprint density at radius 3 is 3.05 bits per heavy atom. The van der Waals surface area contributed by atoms with E-state index in [0.29, 0.717) is 11.7 Å². The summed E-state index contributed by atoms with van der Waals surface area (Å²) < 4.78 is 1.73. The van der Waals surface area contributed by atoms with E-state index in [9.17, 15) is 4.79 Å². The average Bonchev–Trinajstić information content (AvgIpc) is 2.79. The normalized spacial score (nSPS) is 15.0. The number of carbonyl (C=O) groups excluding carboxylic acids is 1. The number of hydrogen-bond donors (Lipinski definition) is 2. The van der Waals surface area contributed by atoms with E-state index in [-0.39, 0.29) is 5.91 Å². The molecule has 0 atom stereocenters. The molecular formula is C12H14N6O. The van der Waals surface area contributed by atoms with Crippen LogP contribution in [0.15, 0.2) is 24.7 Å². The first-order chi connectivity index (χ1) is 9.24. The highest BCUT2D eigenvalue weighted by molar-refractivity contribution is 6.02. The monoisotopic (exact) mass is 258 g/mol. The van der Waals surface area contributed by atoms with Gasteiger partial charge in [-0.05, 0) is 18.6 Å². The molecule has 0 unspecified atom stereocenters. The predicted octanol–water partition coefficient (Wildman–Crippen LogP) is 0.378. The molecule has 3 heterocycles. The van der Waals surface area contributed by atoms with E-state index < -0.39 is 0 Å². The summed E-state index contributed by atoms with van der Waals surface area (Å²) in [6, 6.07) is 2.06. The molecule has 19 heavy (non-hydrogen) atoms. The zero-order valence-electron chi connectivity index (χ0n) is 10.5. The highest BCUT2D eigenvalue weighted by atomic mass is 16.2. The zero-order valence-corrected chi connectivity index (χ0v) is 10.5. The van der Waals surface area contributed by atoms with Gasteiger partial charge in [0, 0.05) is 31.2 Å². The van der Waals surface area contributed by atoms with Crippen molar-refractivity contribution in [2.45, 2.75) is 13.0 Å². The van der Waals surface area contributed by atoms with Crippen molar-refractivity contribution < 1.29 is 4.79 Å². The van der Waals surface area contributed by atoms with Gasteiger partial charge in [-0.15, -0.1) is 5.10 Å². The summed E-state index contributed by atoms with van der Waals surface area (Å²) in [5.74, 6) is -0.257. The molecule has 0 saturated carbocycles. The van der Waals surface area contributed by atoms with Crippen LogP contribution in [-0.2, 0) is 0 Å². The summed E-state index contributed by atoms with van der Waals surface area (Å²) in [7, 11) is 0. The van der Waals surface area contributed by atoms with Gasteiger partial charge < -0.3 is 10.6 Å². The predicted molar refractivity (Wildman–Crippen MR) is 68.9 cm³/mol. The molecule has 0 radical (unpaired) electrons. The second-order valence-electron chi connectivity index (χ2n) is 4.54. The number of anilines is 1. The number of aromatic nitrogens is 4. The van der Waals surface area contributed by atoms with Crippen molar-refractivity contribution in [2.24, 2.45) is 0 Å². The second kappa shape index (κ2) is 4.77. The molecule has 7 heteroatoms. The molecular weight excluding hydrogens is 244 g/mol. The Morgan fingerprint density at radius 2 is 2.37 bits per heavy atom. The van der Waals surface area contributed by atoms with E-state index in [1.165, 1.54) is 0 Å². The van der Waals surface area contributed by atoms with Crippen molar-refractivity contribution in [2.75, 3.05) is 18.4 Å². The Hall–Kier alpha value is -2.28. The molecule has 0 bridgehead atoms. The third-order valence-electron chi connectivity index (χ3n) is 3.15. The summed E-state index contributed by atoms with van der Waals surface area (Å²) in [6.45, 7) is 3.63. The number of amides is 1. The first kappa shape index (κ1) is 11.8. The van der Waals surface area contributed by atoms with Gasteiger partial charge in [-0.25, -0.2) is 4.68 Å². The molecule has 0 spiro atoms. The van der Waals surface area contributed by atoms with E-state index in [0.717, 1.165) is 24.3 Å². The molecule has 1 saturated heterocycles. The SMILES string of the molecule is Cc1cnccc1NC(=O)c1cn(C2CNC2)nn1. The first-order valence-electron chi connectivity index (χ1n) is 6.08. The summed E-state index contributed by atoms with van der Waals surface area (Å²) in [5.41, 5.74) is 1.97. The van der Waals surface area contributed by atoms with Gasteiger partial charge in [0.05, 0.1) is 12.2 Å². The molecule has 0 aliphatic carbocycles. The minimum Gasteiger partial charge on any atom is -0.320 e. The fourth-order valence-corrected chi connectivity index (χ4v) is 1.82. The van der Waals surface area contributed by atoms with Crippen LogP contribution in [0.25, 0.3) is 0 Å². The average molecular weight is 258 g/mol. The smallest absolute Gasteiger partial charge is 0.277 e. The molecule has 7 nitrogen and oxygen atoms in total. The first-order valence-corrected chi connectivity index (χ1v) is 6.08.